The molecule has 0 aromatic rings. The highest BCUT2D eigenvalue weighted by Gasteiger charge is 2.32. The average molecular weight is 231 g/mol. The summed E-state index contributed by atoms with van der Waals surface area (Å²) in [6.07, 6.45) is 8.42. The zero-order valence-electron chi connectivity index (χ0n) is 10.3. The third kappa shape index (κ3) is 3.97. The molecule has 0 amide bonds. The van der Waals surface area contributed by atoms with E-state index in [1.54, 1.807) is 0 Å². The summed E-state index contributed by atoms with van der Waals surface area (Å²) in [5.74, 6) is 0. The SMILES string of the molecule is CCC(C)(O)CNCC1(SC)CCCC1. The normalized spacial score (nSPS) is 24.0. The number of aliphatic hydroxyl groups is 1. The molecule has 0 bridgehead atoms. The van der Waals surface area contributed by atoms with Crippen molar-refractivity contribution in [1.82, 2.24) is 5.32 Å². The van der Waals surface area contributed by atoms with Crippen LogP contribution < -0.4 is 5.32 Å². The molecule has 0 aromatic carbocycles. The standard InChI is InChI=1S/C12H25NOS/c1-4-11(2,14)9-13-10-12(15-3)7-5-6-8-12/h13-14H,4-10H2,1-3H3. The number of thioether (sulfide) groups is 1. The van der Waals surface area contributed by atoms with Gasteiger partial charge < -0.3 is 10.4 Å². The van der Waals surface area contributed by atoms with Crippen LogP contribution in [0, 0.1) is 0 Å². The number of rotatable bonds is 6. The Bertz CT molecular complexity index is 188. The fourth-order valence-electron chi connectivity index (χ4n) is 2.16. The van der Waals surface area contributed by atoms with Gasteiger partial charge in [-0.3, -0.25) is 0 Å². The van der Waals surface area contributed by atoms with E-state index >= 15 is 0 Å². The van der Waals surface area contributed by atoms with E-state index in [4.69, 9.17) is 0 Å². The highest BCUT2D eigenvalue weighted by atomic mass is 32.2. The summed E-state index contributed by atoms with van der Waals surface area (Å²) in [4.78, 5) is 0. The van der Waals surface area contributed by atoms with E-state index in [2.05, 4.69) is 11.6 Å². The van der Waals surface area contributed by atoms with Crippen molar-refractivity contribution >= 4 is 11.8 Å². The number of hydrogen-bond donors (Lipinski definition) is 2. The molecule has 1 atom stereocenters. The Morgan fingerprint density at radius 3 is 2.47 bits per heavy atom. The van der Waals surface area contributed by atoms with E-state index in [0.717, 1.165) is 13.0 Å². The lowest BCUT2D eigenvalue weighted by molar-refractivity contribution is 0.0554. The van der Waals surface area contributed by atoms with Gasteiger partial charge >= 0.3 is 0 Å². The molecule has 90 valence electrons. The van der Waals surface area contributed by atoms with Crippen LogP contribution in [0.1, 0.15) is 46.0 Å². The highest BCUT2D eigenvalue weighted by Crippen LogP contribution is 2.39. The second-order valence-electron chi connectivity index (χ2n) is 5.05. The predicted octanol–water partition coefficient (Wildman–Crippen LogP) is 2.41. The predicted molar refractivity (Wildman–Crippen MR) is 68.5 cm³/mol. The molecular formula is C12H25NOS. The van der Waals surface area contributed by atoms with Gasteiger partial charge in [0.25, 0.3) is 0 Å². The summed E-state index contributed by atoms with van der Waals surface area (Å²) in [6, 6.07) is 0. The van der Waals surface area contributed by atoms with Crippen LogP contribution in [-0.4, -0.2) is 34.8 Å². The lowest BCUT2D eigenvalue weighted by Gasteiger charge is -2.29. The minimum Gasteiger partial charge on any atom is -0.389 e. The van der Waals surface area contributed by atoms with Gasteiger partial charge in [0.05, 0.1) is 5.60 Å². The average Bonchev–Trinajstić information content (AvgIpc) is 2.67. The second-order valence-corrected chi connectivity index (χ2v) is 6.32. The molecule has 1 saturated carbocycles. The van der Waals surface area contributed by atoms with E-state index in [-0.39, 0.29) is 0 Å². The molecule has 3 heteroatoms. The molecule has 2 nitrogen and oxygen atoms in total. The Morgan fingerprint density at radius 1 is 1.40 bits per heavy atom. The Hall–Kier alpha value is 0.270. The smallest absolute Gasteiger partial charge is 0.0740 e. The Balaban J connectivity index is 2.29. The molecule has 1 aliphatic rings. The maximum absolute atomic E-state index is 9.88. The lowest BCUT2D eigenvalue weighted by Crippen LogP contribution is -2.43. The van der Waals surface area contributed by atoms with Crippen molar-refractivity contribution in [3.05, 3.63) is 0 Å². The van der Waals surface area contributed by atoms with Crippen LogP contribution in [-0.2, 0) is 0 Å². The van der Waals surface area contributed by atoms with Crippen LogP contribution in [0.15, 0.2) is 0 Å². The Labute approximate surface area is 98.2 Å². The summed E-state index contributed by atoms with van der Waals surface area (Å²) in [5.41, 5.74) is -0.543. The number of hydrogen-bond acceptors (Lipinski definition) is 3. The minimum atomic E-state index is -0.543. The van der Waals surface area contributed by atoms with E-state index in [0.29, 0.717) is 11.3 Å². The fourth-order valence-corrected chi connectivity index (χ4v) is 3.10. The third-order valence-corrected chi connectivity index (χ3v) is 5.08. The molecule has 1 aliphatic carbocycles. The first kappa shape index (κ1) is 13.3. The molecule has 0 spiro atoms. The van der Waals surface area contributed by atoms with Gasteiger partial charge in [0.1, 0.15) is 0 Å². The molecule has 0 aromatic heterocycles. The van der Waals surface area contributed by atoms with Gasteiger partial charge in [-0.2, -0.15) is 11.8 Å². The van der Waals surface area contributed by atoms with E-state index in [9.17, 15) is 5.11 Å². The van der Waals surface area contributed by atoms with Crippen LogP contribution >= 0.6 is 11.8 Å². The highest BCUT2D eigenvalue weighted by molar-refractivity contribution is 8.00. The van der Waals surface area contributed by atoms with Crippen molar-refractivity contribution in [3.63, 3.8) is 0 Å². The largest absolute Gasteiger partial charge is 0.389 e. The van der Waals surface area contributed by atoms with E-state index in [1.807, 2.05) is 25.6 Å². The van der Waals surface area contributed by atoms with Crippen LogP contribution in [0.25, 0.3) is 0 Å². The first-order valence-corrected chi connectivity index (χ1v) is 7.24. The van der Waals surface area contributed by atoms with Crippen molar-refractivity contribution < 1.29 is 5.11 Å². The molecule has 0 saturated heterocycles. The van der Waals surface area contributed by atoms with Crippen molar-refractivity contribution in [1.29, 1.82) is 0 Å². The quantitative estimate of drug-likeness (QED) is 0.736. The van der Waals surface area contributed by atoms with Gasteiger partial charge in [0.2, 0.25) is 0 Å². The van der Waals surface area contributed by atoms with Gasteiger partial charge in [0, 0.05) is 17.8 Å². The zero-order chi connectivity index (χ0) is 11.4. The first-order chi connectivity index (χ1) is 7.04. The molecule has 1 unspecified atom stereocenters. The second kappa shape index (κ2) is 5.55. The molecule has 0 radical (unpaired) electrons. The number of nitrogens with one attached hydrogen (secondary N) is 1. The summed E-state index contributed by atoms with van der Waals surface area (Å²) >= 11 is 1.99. The molecule has 1 fully saturated rings. The van der Waals surface area contributed by atoms with Crippen molar-refractivity contribution in [2.24, 2.45) is 0 Å². The maximum atomic E-state index is 9.88. The zero-order valence-corrected chi connectivity index (χ0v) is 11.1. The monoisotopic (exact) mass is 231 g/mol. The minimum absolute atomic E-state index is 0.448. The molecule has 15 heavy (non-hydrogen) atoms. The van der Waals surface area contributed by atoms with Crippen LogP contribution in [0.2, 0.25) is 0 Å². The fraction of sp³-hybridized carbons (Fsp3) is 1.00. The Morgan fingerprint density at radius 2 is 2.00 bits per heavy atom. The molecule has 1 rings (SSSR count). The Kier molecular flexibility index (Phi) is 4.94. The van der Waals surface area contributed by atoms with Crippen molar-refractivity contribution in [2.45, 2.75) is 56.3 Å². The molecule has 0 aliphatic heterocycles. The van der Waals surface area contributed by atoms with Gasteiger partial charge in [0.15, 0.2) is 0 Å². The third-order valence-electron chi connectivity index (χ3n) is 3.66. The van der Waals surface area contributed by atoms with E-state index < -0.39 is 5.60 Å². The van der Waals surface area contributed by atoms with E-state index in [1.165, 1.54) is 25.7 Å². The molecular weight excluding hydrogens is 206 g/mol. The summed E-state index contributed by atoms with van der Waals surface area (Å²) in [6.45, 7) is 5.69. The molecule has 0 heterocycles. The first-order valence-electron chi connectivity index (χ1n) is 6.02. The van der Waals surface area contributed by atoms with Gasteiger partial charge in [-0.15, -0.1) is 0 Å². The van der Waals surface area contributed by atoms with Crippen LogP contribution in [0.3, 0.4) is 0 Å². The van der Waals surface area contributed by atoms with Crippen molar-refractivity contribution in [3.8, 4) is 0 Å². The van der Waals surface area contributed by atoms with Gasteiger partial charge in [-0.1, -0.05) is 19.8 Å². The van der Waals surface area contributed by atoms with Gasteiger partial charge in [-0.25, -0.2) is 0 Å². The van der Waals surface area contributed by atoms with Crippen LogP contribution in [0.4, 0.5) is 0 Å². The van der Waals surface area contributed by atoms with Gasteiger partial charge in [-0.05, 0) is 32.4 Å². The summed E-state index contributed by atoms with van der Waals surface area (Å²) < 4.78 is 0.448. The lowest BCUT2D eigenvalue weighted by atomic mass is 10.0. The van der Waals surface area contributed by atoms with Crippen molar-refractivity contribution in [2.75, 3.05) is 19.3 Å². The van der Waals surface area contributed by atoms with Crippen LogP contribution in [0.5, 0.6) is 0 Å². The summed E-state index contributed by atoms with van der Waals surface area (Å²) in [5, 5.41) is 13.3. The topological polar surface area (TPSA) is 32.3 Å². The summed E-state index contributed by atoms with van der Waals surface area (Å²) in [7, 11) is 0. The molecule has 2 N–H and O–H groups in total. The maximum Gasteiger partial charge on any atom is 0.0740 e.